The quantitative estimate of drug-likeness (QED) is 0.855. The first-order valence-electron chi connectivity index (χ1n) is 6.50. The first-order valence-corrected chi connectivity index (χ1v) is 6.87. The summed E-state index contributed by atoms with van der Waals surface area (Å²) in [5, 5.41) is 3.51. The van der Waals surface area contributed by atoms with Gasteiger partial charge in [-0.15, -0.1) is 0 Å². The molecule has 0 bridgehead atoms. The van der Waals surface area contributed by atoms with Crippen molar-refractivity contribution in [1.82, 2.24) is 9.97 Å². The zero-order valence-corrected chi connectivity index (χ0v) is 12.6. The van der Waals surface area contributed by atoms with E-state index in [9.17, 15) is 0 Å². The van der Waals surface area contributed by atoms with Crippen molar-refractivity contribution in [1.29, 1.82) is 0 Å². The molecule has 0 fully saturated rings. The van der Waals surface area contributed by atoms with Crippen LogP contribution in [-0.4, -0.2) is 22.6 Å². The SMILES string of the molecule is Cc1ccc(OCC(C)Nc2nc(Cl)ncc2C)cc1. The van der Waals surface area contributed by atoms with Gasteiger partial charge >= 0.3 is 0 Å². The highest BCUT2D eigenvalue weighted by Gasteiger charge is 2.07. The summed E-state index contributed by atoms with van der Waals surface area (Å²) < 4.78 is 5.73. The molecular weight excluding hydrogens is 274 g/mol. The van der Waals surface area contributed by atoms with Crippen LogP contribution in [-0.2, 0) is 0 Å². The van der Waals surface area contributed by atoms with E-state index in [1.165, 1.54) is 5.56 Å². The Bertz CT molecular complexity index is 572. The molecule has 0 aliphatic heterocycles. The molecule has 1 unspecified atom stereocenters. The summed E-state index contributed by atoms with van der Waals surface area (Å²) >= 11 is 5.79. The number of nitrogens with zero attached hydrogens (tertiary/aromatic N) is 2. The number of halogens is 1. The Balaban J connectivity index is 1.90. The van der Waals surface area contributed by atoms with Crippen molar-refractivity contribution in [2.24, 2.45) is 0 Å². The van der Waals surface area contributed by atoms with E-state index in [4.69, 9.17) is 16.3 Å². The van der Waals surface area contributed by atoms with Crippen LogP contribution in [0.5, 0.6) is 5.75 Å². The number of benzene rings is 1. The van der Waals surface area contributed by atoms with Gasteiger partial charge in [0.05, 0.1) is 6.04 Å². The molecule has 0 radical (unpaired) electrons. The lowest BCUT2D eigenvalue weighted by Crippen LogP contribution is -2.24. The lowest BCUT2D eigenvalue weighted by Gasteiger charge is -2.16. The lowest BCUT2D eigenvalue weighted by molar-refractivity contribution is 0.303. The number of hydrogen-bond donors (Lipinski definition) is 1. The zero-order valence-electron chi connectivity index (χ0n) is 11.9. The fraction of sp³-hybridized carbons (Fsp3) is 0.333. The molecule has 1 aromatic carbocycles. The molecule has 0 spiro atoms. The van der Waals surface area contributed by atoms with Crippen LogP contribution in [0, 0.1) is 13.8 Å². The fourth-order valence-electron chi connectivity index (χ4n) is 1.70. The van der Waals surface area contributed by atoms with Crippen molar-refractivity contribution in [2.45, 2.75) is 26.8 Å². The summed E-state index contributed by atoms with van der Waals surface area (Å²) in [5.74, 6) is 1.60. The monoisotopic (exact) mass is 291 g/mol. The highest BCUT2D eigenvalue weighted by Crippen LogP contribution is 2.15. The van der Waals surface area contributed by atoms with Gasteiger partial charge in [-0.25, -0.2) is 9.97 Å². The van der Waals surface area contributed by atoms with Crippen LogP contribution in [0.4, 0.5) is 5.82 Å². The van der Waals surface area contributed by atoms with Crippen LogP contribution in [0.25, 0.3) is 0 Å². The normalized spacial score (nSPS) is 12.0. The predicted molar refractivity (Wildman–Crippen MR) is 81.5 cm³/mol. The number of aromatic nitrogens is 2. The summed E-state index contributed by atoms with van der Waals surface area (Å²) in [4.78, 5) is 8.10. The highest BCUT2D eigenvalue weighted by atomic mass is 35.5. The van der Waals surface area contributed by atoms with Crippen molar-refractivity contribution in [3.63, 3.8) is 0 Å². The van der Waals surface area contributed by atoms with E-state index in [0.717, 1.165) is 17.1 Å². The molecule has 1 atom stereocenters. The smallest absolute Gasteiger partial charge is 0.224 e. The van der Waals surface area contributed by atoms with Gasteiger partial charge in [0, 0.05) is 11.8 Å². The lowest BCUT2D eigenvalue weighted by atomic mass is 10.2. The Kier molecular flexibility index (Phi) is 4.79. The van der Waals surface area contributed by atoms with E-state index in [1.807, 2.05) is 38.1 Å². The molecule has 0 aliphatic carbocycles. The second kappa shape index (κ2) is 6.57. The highest BCUT2D eigenvalue weighted by molar-refractivity contribution is 6.28. The molecule has 2 aromatic rings. The summed E-state index contributed by atoms with van der Waals surface area (Å²) in [6, 6.07) is 8.11. The van der Waals surface area contributed by atoms with E-state index < -0.39 is 0 Å². The van der Waals surface area contributed by atoms with Gasteiger partial charge in [0.25, 0.3) is 0 Å². The van der Waals surface area contributed by atoms with Crippen LogP contribution in [0.15, 0.2) is 30.5 Å². The summed E-state index contributed by atoms with van der Waals surface area (Å²) in [5.41, 5.74) is 2.17. The van der Waals surface area contributed by atoms with E-state index in [2.05, 4.69) is 22.2 Å². The number of aryl methyl sites for hydroxylation is 2. The first kappa shape index (κ1) is 14.6. The molecule has 106 valence electrons. The maximum absolute atomic E-state index is 5.79. The minimum atomic E-state index is 0.112. The van der Waals surface area contributed by atoms with Gasteiger partial charge in [-0.05, 0) is 44.5 Å². The number of ether oxygens (including phenoxy) is 1. The number of anilines is 1. The molecule has 5 heteroatoms. The average molecular weight is 292 g/mol. The Labute approximate surface area is 124 Å². The van der Waals surface area contributed by atoms with Gasteiger partial charge in [0.15, 0.2) is 0 Å². The second-order valence-corrected chi connectivity index (χ2v) is 5.18. The van der Waals surface area contributed by atoms with Gasteiger partial charge in [-0.3, -0.25) is 0 Å². The fourth-order valence-corrected chi connectivity index (χ4v) is 1.83. The Morgan fingerprint density at radius 3 is 2.65 bits per heavy atom. The van der Waals surface area contributed by atoms with Crippen LogP contribution in [0.3, 0.4) is 0 Å². The van der Waals surface area contributed by atoms with Crippen LogP contribution >= 0.6 is 11.6 Å². The van der Waals surface area contributed by atoms with E-state index in [1.54, 1.807) is 6.20 Å². The third kappa shape index (κ3) is 4.10. The maximum atomic E-state index is 5.79. The van der Waals surface area contributed by atoms with E-state index >= 15 is 0 Å². The van der Waals surface area contributed by atoms with Gasteiger partial charge < -0.3 is 10.1 Å². The minimum absolute atomic E-state index is 0.112. The summed E-state index contributed by atoms with van der Waals surface area (Å²) in [6.45, 7) is 6.57. The number of hydrogen-bond acceptors (Lipinski definition) is 4. The topological polar surface area (TPSA) is 47.0 Å². The van der Waals surface area contributed by atoms with E-state index in [-0.39, 0.29) is 11.3 Å². The van der Waals surface area contributed by atoms with Gasteiger partial charge in [-0.2, -0.15) is 0 Å². The van der Waals surface area contributed by atoms with E-state index in [0.29, 0.717) is 6.61 Å². The molecule has 2 rings (SSSR count). The Morgan fingerprint density at radius 1 is 1.25 bits per heavy atom. The third-order valence-electron chi connectivity index (χ3n) is 2.85. The Hall–Kier alpha value is -1.81. The van der Waals surface area contributed by atoms with Crippen molar-refractivity contribution in [3.05, 3.63) is 46.9 Å². The molecule has 0 aliphatic rings. The molecule has 4 nitrogen and oxygen atoms in total. The predicted octanol–water partition coefficient (Wildman–Crippen LogP) is 3.63. The molecular formula is C15H18ClN3O. The van der Waals surface area contributed by atoms with Crippen LogP contribution in [0.2, 0.25) is 5.28 Å². The van der Waals surface area contributed by atoms with Crippen molar-refractivity contribution >= 4 is 17.4 Å². The van der Waals surface area contributed by atoms with Gasteiger partial charge in [-0.1, -0.05) is 17.7 Å². The Morgan fingerprint density at radius 2 is 1.95 bits per heavy atom. The average Bonchev–Trinajstić information content (AvgIpc) is 2.42. The zero-order chi connectivity index (χ0) is 14.5. The first-order chi connectivity index (χ1) is 9.54. The summed E-state index contributed by atoms with van der Waals surface area (Å²) in [6.07, 6.45) is 1.70. The third-order valence-corrected chi connectivity index (χ3v) is 3.03. The number of rotatable bonds is 5. The van der Waals surface area contributed by atoms with Crippen LogP contribution in [0.1, 0.15) is 18.1 Å². The van der Waals surface area contributed by atoms with Crippen LogP contribution < -0.4 is 10.1 Å². The molecule has 0 saturated heterocycles. The molecule has 1 heterocycles. The molecule has 0 saturated carbocycles. The van der Waals surface area contributed by atoms with Crippen molar-refractivity contribution in [2.75, 3.05) is 11.9 Å². The maximum Gasteiger partial charge on any atom is 0.224 e. The summed E-state index contributed by atoms with van der Waals surface area (Å²) in [7, 11) is 0. The van der Waals surface area contributed by atoms with Crippen molar-refractivity contribution in [3.8, 4) is 5.75 Å². The number of nitrogens with one attached hydrogen (secondary N) is 1. The van der Waals surface area contributed by atoms with Gasteiger partial charge in [0.1, 0.15) is 18.2 Å². The largest absolute Gasteiger partial charge is 0.491 e. The second-order valence-electron chi connectivity index (χ2n) is 4.84. The molecule has 20 heavy (non-hydrogen) atoms. The van der Waals surface area contributed by atoms with Crippen molar-refractivity contribution < 1.29 is 4.74 Å². The minimum Gasteiger partial charge on any atom is -0.491 e. The molecule has 1 N–H and O–H groups in total. The standard InChI is InChI=1S/C15H18ClN3O/c1-10-4-6-13(7-5-10)20-9-12(3)18-14-11(2)8-17-15(16)19-14/h4-8,12H,9H2,1-3H3,(H,17,18,19). The molecule has 1 aromatic heterocycles. The molecule has 0 amide bonds. The van der Waals surface area contributed by atoms with Gasteiger partial charge in [0.2, 0.25) is 5.28 Å².